The Morgan fingerprint density at radius 2 is 1.62 bits per heavy atom. The van der Waals surface area contributed by atoms with Gasteiger partial charge in [0.2, 0.25) is 11.8 Å². The first-order valence-corrected chi connectivity index (χ1v) is 12.1. The quantitative estimate of drug-likeness (QED) is 0.138. The third kappa shape index (κ3) is 11.3. The Morgan fingerprint density at radius 3 is 2.29 bits per heavy atom. The van der Waals surface area contributed by atoms with Crippen molar-refractivity contribution in [2.45, 2.75) is 51.7 Å². The standard InChI is InChI=1S/C26H39N5O3/c1-2-8-25(32)31-24(26(33)29-17-6-15-28-16-7-18-30-27)19-21-11-13-23(14-12-21)34-20-22-9-4-3-5-10-22/h3-5,9-14,24,28,30H,2,6-8,15-20,27H2,1H3,(H,29,33)(H,31,32)/t24-/m0/s1. The fourth-order valence-corrected chi connectivity index (χ4v) is 3.39. The molecule has 0 aliphatic carbocycles. The van der Waals surface area contributed by atoms with Crippen LogP contribution in [0.15, 0.2) is 54.6 Å². The average Bonchev–Trinajstić information content (AvgIpc) is 2.85. The van der Waals surface area contributed by atoms with Crippen molar-refractivity contribution in [3.63, 3.8) is 0 Å². The van der Waals surface area contributed by atoms with E-state index in [4.69, 9.17) is 10.6 Å². The van der Waals surface area contributed by atoms with Gasteiger partial charge >= 0.3 is 0 Å². The lowest BCUT2D eigenvalue weighted by molar-refractivity contribution is -0.129. The lowest BCUT2D eigenvalue weighted by Crippen LogP contribution is -2.48. The van der Waals surface area contributed by atoms with Crippen LogP contribution in [-0.4, -0.2) is 44.0 Å². The second-order valence-electron chi connectivity index (χ2n) is 8.19. The minimum atomic E-state index is -0.612. The molecular weight excluding hydrogens is 430 g/mol. The zero-order valence-electron chi connectivity index (χ0n) is 20.1. The molecule has 2 aromatic rings. The van der Waals surface area contributed by atoms with Crippen molar-refractivity contribution in [3.8, 4) is 5.75 Å². The second kappa shape index (κ2) is 16.6. The lowest BCUT2D eigenvalue weighted by atomic mass is 10.0. The minimum Gasteiger partial charge on any atom is -0.489 e. The number of ether oxygens (including phenoxy) is 1. The van der Waals surface area contributed by atoms with E-state index in [-0.39, 0.29) is 11.8 Å². The zero-order chi connectivity index (χ0) is 24.4. The highest BCUT2D eigenvalue weighted by atomic mass is 16.5. The number of hydrogen-bond acceptors (Lipinski definition) is 6. The van der Waals surface area contributed by atoms with Gasteiger partial charge in [-0.3, -0.25) is 20.9 Å². The van der Waals surface area contributed by atoms with E-state index in [0.29, 0.717) is 26.0 Å². The molecule has 0 bridgehead atoms. The van der Waals surface area contributed by atoms with E-state index in [2.05, 4.69) is 21.4 Å². The van der Waals surface area contributed by atoms with Crippen LogP contribution in [0.2, 0.25) is 0 Å². The van der Waals surface area contributed by atoms with E-state index in [1.807, 2.05) is 61.5 Å². The summed E-state index contributed by atoms with van der Waals surface area (Å²) in [6, 6.07) is 17.0. The van der Waals surface area contributed by atoms with E-state index in [0.717, 1.165) is 55.8 Å². The molecule has 34 heavy (non-hydrogen) atoms. The number of rotatable bonds is 17. The third-order valence-corrected chi connectivity index (χ3v) is 5.24. The monoisotopic (exact) mass is 469 g/mol. The van der Waals surface area contributed by atoms with Gasteiger partial charge in [-0.2, -0.15) is 0 Å². The van der Waals surface area contributed by atoms with E-state index in [1.54, 1.807) is 0 Å². The van der Waals surface area contributed by atoms with Crippen LogP contribution in [0.4, 0.5) is 0 Å². The normalized spacial score (nSPS) is 11.6. The number of nitrogens with one attached hydrogen (secondary N) is 4. The van der Waals surface area contributed by atoms with Crippen LogP contribution >= 0.6 is 0 Å². The van der Waals surface area contributed by atoms with Crippen molar-refractivity contribution in [2.24, 2.45) is 5.84 Å². The molecule has 0 saturated carbocycles. The number of carbonyl (C=O) groups is 2. The van der Waals surface area contributed by atoms with Crippen molar-refractivity contribution < 1.29 is 14.3 Å². The van der Waals surface area contributed by atoms with Crippen LogP contribution in [0.3, 0.4) is 0 Å². The summed E-state index contributed by atoms with van der Waals surface area (Å²) in [6.07, 6.45) is 3.32. The van der Waals surface area contributed by atoms with E-state index < -0.39 is 6.04 Å². The molecule has 8 heteroatoms. The maximum atomic E-state index is 12.8. The molecule has 1 atom stereocenters. The predicted molar refractivity (Wildman–Crippen MR) is 135 cm³/mol. The summed E-state index contributed by atoms with van der Waals surface area (Å²) in [5.74, 6) is 5.73. The van der Waals surface area contributed by atoms with Crippen molar-refractivity contribution in [1.82, 2.24) is 21.4 Å². The maximum absolute atomic E-state index is 12.8. The highest BCUT2D eigenvalue weighted by Crippen LogP contribution is 2.15. The fourth-order valence-electron chi connectivity index (χ4n) is 3.39. The van der Waals surface area contributed by atoms with Crippen LogP contribution in [0, 0.1) is 0 Å². The summed E-state index contributed by atoms with van der Waals surface area (Å²) in [5, 5.41) is 9.15. The summed E-state index contributed by atoms with van der Waals surface area (Å²) in [5.41, 5.74) is 4.68. The fraction of sp³-hybridized carbons (Fsp3) is 0.462. The molecule has 2 amide bonds. The highest BCUT2D eigenvalue weighted by molar-refractivity contribution is 5.87. The Labute approximate surface area is 203 Å². The Kier molecular flexibility index (Phi) is 13.4. The van der Waals surface area contributed by atoms with Crippen LogP contribution in [0.25, 0.3) is 0 Å². The minimum absolute atomic E-state index is 0.111. The summed E-state index contributed by atoms with van der Waals surface area (Å²) in [7, 11) is 0. The summed E-state index contributed by atoms with van der Waals surface area (Å²) in [6.45, 7) is 5.44. The average molecular weight is 470 g/mol. The van der Waals surface area contributed by atoms with Gasteiger partial charge in [0.25, 0.3) is 0 Å². The molecule has 0 aliphatic rings. The van der Waals surface area contributed by atoms with Gasteiger partial charge in [0.05, 0.1) is 0 Å². The van der Waals surface area contributed by atoms with Crippen molar-refractivity contribution in [1.29, 1.82) is 0 Å². The van der Waals surface area contributed by atoms with Gasteiger partial charge in [-0.15, -0.1) is 0 Å². The zero-order valence-corrected chi connectivity index (χ0v) is 20.1. The summed E-state index contributed by atoms with van der Waals surface area (Å²) in [4.78, 5) is 25.0. The molecule has 0 aliphatic heterocycles. The topological polar surface area (TPSA) is 118 Å². The first kappa shape index (κ1) is 27.3. The molecule has 186 valence electrons. The SMILES string of the molecule is CCCC(=O)N[C@@H](Cc1ccc(OCc2ccccc2)cc1)C(=O)NCCCNCCCNN. The largest absolute Gasteiger partial charge is 0.489 e. The molecule has 0 radical (unpaired) electrons. The molecule has 8 nitrogen and oxygen atoms in total. The Morgan fingerprint density at radius 1 is 0.912 bits per heavy atom. The molecule has 0 aromatic heterocycles. The van der Waals surface area contributed by atoms with E-state index >= 15 is 0 Å². The molecule has 6 N–H and O–H groups in total. The van der Waals surface area contributed by atoms with Gasteiger partial charge in [-0.25, -0.2) is 0 Å². The molecule has 2 aromatic carbocycles. The van der Waals surface area contributed by atoms with Crippen molar-refractivity contribution >= 4 is 11.8 Å². The van der Waals surface area contributed by atoms with Crippen LogP contribution in [-0.2, 0) is 22.6 Å². The predicted octanol–water partition coefficient (Wildman–Crippen LogP) is 2.04. The summed E-state index contributed by atoms with van der Waals surface area (Å²) >= 11 is 0. The second-order valence-corrected chi connectivity index (χ2v) is 8.19. The van der Waals surface area contributed by atoms with Crippen LogP contribution in [0.5, 0.6) is 5.75 Å². The van der Waals surface area contributed by atoms with Crippen LogP contribution < -0.4 is 32.0 Å². The van der Waals surface area contributed by atoms with Gasteiger partial charge < -0.3 is 20.7 Å². The van der Waals surface area contributed by atoms with Crippen molar-refractivity contribution in [2.75, 3.05) is 26.2 Å². The van der Waals surface area contributed by atoms with Gasteiger partial charge in [-0.05, 0) is 55.6 Å². The van der Waals surface area contributed by atoms with Crippen molar-refractivity contribution in [3.05, 3.63) is 65.7 Å². The molecule has 2 rings (SSSR count). The molecule has 0 unspecified atom stereocenters. The van der Waals surface area contributed by atoms with E-state index in [1.165, 1.54) is 0 Å². The molecule has 0 fully saturated rings. The number of hydrazine groups is 1. The maximum Gasteiger partial charge on any atom is 0.242 e. The smallest absolute Gasteiger partial charge is 0.242 e. The number of carbonyl (C=O) groups excluding carboxylic acids is 2. The van der Waals surface area contributed by atoms with Gasteiger partial charge in [-0.1, -0.05) is 49.4 Å². The summed E-state index contributed by atoms with van der Waals surface area (Å²) < 4.78 is 5.84. The Balaban J connectivity index is 1.83. The van der Waals surface area contributed by atoms with Crippen LogP contribution in [0.1, 0.15) is 43.7 Å². The molecule has 0 heterocycles. The number of hydrogen-bond donors (Lipinski definition) is 5. The number of benzene rings is 2. The number of amides is 2. The highest BCUT2D eigenvalue weighted by Gasteiger charge is 2.20. The molecular formula is C26H39N5O3. The Hall–Kier alpha value is -2.94. The molecule has 0 spiro atoms. The van der Waals surface area contributed by atoms with Gasteiger partial charge in [0, 0.05) is 25.9 Å². The lowest BCUT2D eigenvalue weighted by Gasteiger charge is -2.19. The third-order valence-electron chi connectivity index (χ3n) is 5.24. The first-order valence-electron chi connectivity index (χ1n) is 12.1. The number of nitrogens with two attached hydrogens (primary N) is 1. The van der Waals surface area contributed by atoms with E-state index in [9.17, 15) is 9.59 Å². The van der Waals surface area contributed by atoms with Gasteiger partial charge in [0.1, 0.15) is 18.4 Å². The Bertz CT molecular complexity index is 830. The van der Waals surface area contributed by atoms with Gasteiger partial charge in [0.15, 0.2) is 0 Å². The molecule has 0 saturated heterocycles. The first-order chi connectivity index (χ1) is 16.6.